The van der Waals surface area contributed by atoms with Gasteiger partial charge in [0.2, 0.25) is 11.7 Å². The normalized spacial score (nSPS) is 17.8. The van der Waals surface area contributed by atoms with Gasteiger partial charge in [0.1, 0.15) is 17.9 Å². The highest BCUT2D eigenvalue weighted by molar-refractivity contribution is 7.91. The lowest BCUT2D eigenvalue weighted by molar-refractivity contribution is -0.137. The number of benzene rings is 2. The SMILES string of the molecule is CC1OC2(CCN(C(=O)c3ncccc3O)CC2)c2c1n(CC(=O)Nc1ccc(C(F)(F)F)cc1Cl)c1nc(-c3ccc(S(C)(=N)=O)cc3)nn1c2=O. The van der Waals surface area contributed by atoms with Crippen LogP contribution >= 0.6 is 11.6 Å². The topological polar surface area (TPSA) is 185 Å². The summed E-state index contributed by atoms with van der Waals surface area (Å²) in [5.41, 5.74) is -1.99. The van der Waals surface area contributed by atoms with Gasteiger partial charge in [-0.2, -0.15) is 22.7 Å². The van der Waals surface area contributed by atoms with E-state index in [1.54, 1.807) is 19.1 Å². The number of carbonyl (C=O) groups excluding carboxylic acids is 2. The molecule has 3 aromatic heterocycles. The van der Waals surface area contributed by atoms with Crippen LogP contribution in [-0.4, -0.2) is 69.5 Å². The summed E-state index contributed by atoms with van der Waals surface area (Å²) >= 11 is 6.12. The quantitative estimate of drug-likeness (QED) is 0.208. The highest BCUT2D eigenvalue weighted by Crippen LogP contribution is 2.48. The molecule has 5 aromatic rings. The molecule has 19 heteroatoms. The van der Waals surface area contributed by atoms with Crippen molar-refractivity contribution < 1.29 is 36.8 Å². The Bertz CT molecular complexity index is 2480. The smallest absolute Gasteiger partial charge is 0.416 e. The van der Waals surface area contributed by atoms with Crippen LogP contribution in [0.4, 0.5) is 18.9 Å². The molecule has 2 atom stereocenters. The monoisotopic (exact) mass is 770 g/mol. The van der Waals surface area contributed by atoms with Crippen LogP contribution in [0.2, 0.25) is 5.02 Å². The molecule has 14 nitrogen and oxygen atoms in total. The summed E-state index contributed by atoms with van der Waals surface area (Å²) in [4.78, 5) is 51.6. The molecule has 2 aliphatic rings. The van der Waals surface area contributed by atoms with Crippen LogP contribution in [0.5, 0.6) is 5.75 Å². The van der Waals surface area contributed by atoms with Crippen molar-refractivity contribution >= 4 is 44.6 Å². The molecule has 53 heavy (non-hydrogen) atoms. The Morgan fingerprint density at radius 1 is 1.15 bits per heavy atom. The van der Waals surface area contributed by atoms with Crippen molar-refractivity contribution in [3.05, 3.63) is 98.7 Å². The van der Waals surface area contributed by atoms with Gasteiger partial charge in [-0.25, -0.2) is 14.0 Å². The van der Waals surface area contributed by atoms with Crippen molar-refractivity contribution in [2.45, 2.75) is 49.1 Å². The van der Waals surface area contributed by atoms with E-state index < -0.39 is 57.1 Å². The Morgan fingerprint density at radius 3 is 2.47 bits per heavy atom. The summed E-state index contributed by atoms with van der Waals surface area (Å²) in [6.45, 7) is 1.49. The average Bonchev–Trinajstić information content (AvgIpc) is 3.67. The second-order valence-electron chi connectivity index (χ2n) is 12.8. The van der Waals surface area contributed by atoms with Crippen LogP contribution in [0, 0.1) is 4.78 Å². The number of hydrogen-bond acceptors (Lipinski definition) is 10. The third-order valence-corrected chi connectivity index (χ3v) is 10.8. The molecule has 1 fully saturated rings. The van der Waals surface area contributed by atoms with Crippen LogP contribution in [-0.2, 0) is 37.6 Å². The maximum atomic E-state index is 14.4. The molecule has 2 unspecified atom stereocenters. The number of nitrogens with one attached hydrogen (secondary N) is 2. The van der Waals surface area contributed by atoms with Crippen LogP contribution < -0.4 is 10.9 Å². The standard InChI is InChI=1S/C34H30ClF3N8O6S/c1-18-28-26(33(52-18)11-14-44(15-12-33)31(50)27-24(47)4-3-13-40-27)30(49)46-32(42-29(43-46)19-5-8-21(9-6-19)53(2,39)51)45(28)17-25(48)41-23-10-7-20(16-22(23)35)34(36,37)38/h3-10,13,16,18,39,47H,11-12,14-15,17H2,1-2H3,(H,41,48). The summed E-state index contributed by atoms with van der Waals surface area (Å²) in [6.07, 6.45) is -2.39. The van der Waals surface area contributed by atoms with Gasteiger partial charge < -0.3 is 24.6 Å². The minimum absolute atomic E-state index is 0.0352. The maximum Gasteiger partial charge on any atom is 0.416 e. The highest BCUT2D eigenvalue weighted by atomic mass is 35.5. The first-order valence-electron chi connectivity index (χ1n) is 16.1. The van der Waals surface area contributed by atoms with Gasteiger partial charge in [0.05, 0.1) is 43.4 Å². The van der Waals surface area contributed by atoms with Gasteiger partial charge in [-0.05, 0) is 74.4 Å². The fourth-order valence-corrected chi connectivity index (χ4v) is 7.68. The summed E-state index contributed by atoms with van der Waals surface area (Å²) in [6, 6.07) is 11.5. The van der Waals surface area contributed by atoms with Crippen molar-refractivity contribution in [2.75, 3.05) is 24.7 Å². The van der Waals surface area contributed by atoms with Gasteiger partial charge in [-0.15, -0.1) is 5.10 Å². The first-order valence-corrected chi connectivity index (χ1v) is 18.5. The molecule has 1 spiro atoms. The first-order chi connectivity index (χ1) is 25.0. The lowest BCUT2D eigenvalue weighted by Gasteiger charge is -2.39. The van der Waals surface area contributed by atoms with E-state index in [9.17, 15) is 36.9 Å². The number of amides is 2. The van der Waals surface area contributed by atoms with Gasteiger partial charge in [-0.1, -0.05) is 11.6 Å². The Labute approximate surface area is 304 Å². The second kappa shape index (κ2) is 13.0. The number of hydrogen-bond donors (Lipinski definition) is 3. The molecule has 2 amide bonds. The fraction of sp³-hybridized carbons (Fsp3) is 0.294. The molecule has 2 aliphatic heterocycles. The summed E-state index contributed by atoms with van der Waals surface area (Å²) in [5, 5.41) is 16.9. The summed E-state index contributed by atoms with van der Waals surface area (Å²) < 4.78 is 68.9. The molecule has 276 valence electrons. The van der Waals surface area contributed by atoms with Gasteiger partial charge in [0, 0.05) is 36.0 Å². The number of carbonyl (C=O) groups is 2. The van der Waals surface area contributed by atoms with E-state index in [1.807, 2.05) is 0 Å². The number of ether oxygens (including phenoxy) is 1. The first kappa shape index (κ1) is 36.0. The molecule has 3 N–H and O–H groups in total. The number of halogens is 4. The molecular weight excluding hydrogens is 741 g/mol. The zero-order valence-corrected chi connectivity index (χ0v) is 29.6. The molecule has 7 rings (SSSR count). The minimum atomic E-state index is -4.65. The summed E-state index contributed by atoms with van der Waals surface area (Å²) in [7, 11) is -3.01. The van der Waals surface area contributed by atoms with Crippen LogP contribution in [0.15, 0.2) is 70.5 Å². The lowest BCUT2D eigenvalue weighted by Crippen LogP contribution is -2.47. The molecule has 1 saturated heterocycles. The van der Waals surface area contributed by atoms with E-state index in [1.165, 1.54) is 46.2 Å². The van der Waals surface area contributed by atoms with Crippen molar-refractivity contribution in [1.82, 2.24) is 29.0 Å². The number of aromatic nitrogens is 5. The average molecular weight is 771 g/mol. The molecule has 0 aliphatic carbocycles. The number of likely N-dealkylation sites (tertiary alicyclic amines) is 1. The predicted molar refractivity (Wildman–Crippen MR) is 185 cm³/mol. The van der Waals surface area contributed by atoms with Gasteiger partial charge in [-0.3, -0.25) is 14.4 Å². The largest absolute Gasteiger partial charge is 0.505 e. The molecule has 2 aromatic carbocycles. The van der Waals surface area contributed by atoms with Crippen LogP contribution in [0.25, 0.3) is 17.2 Å². The fourth-order valence-electron chi connectivity index (χ4n) is 6.80. The van der Waals surface area contributed by atoms with E-state index >= 15 is 0 Å². The number of rotatable bonds is 6. The zero-order valence-electron chi connectivity index (χ0n) is 28.0. The lowest BCUT2D eigenvalue weighted by atomic mass is 9.85. The molecule has 0 bridgehead atoms. The number of pyridine rings is 1. The number of alkyl halides is 3. The van der Waals surface area contributed by atoms with E-state index in [2.05, 4.69) is 20.4 Å². The minimum Gasteiger partial charge on any atom is -0.505 e. The molecule has 5 heterocycles. The van der Waals surface area contributed by atoms with Crippen LogP contribution in [0.1, 0.15) is 53.2 Å². The Balaban J connectivity index is 1.29. The van der Waals surface area contributed by atoms with Crippen molar-refractivity contribution in [3.8, 4) is 17.1 Å². The van der Waals surface area contributed by atoms with Gasteiger partial charge in [0.25, 0.3) is 11.5 Å². The van der Waals surface area contributed by atoms with Crippen molar-refractivity contribution in [1.29, 1.82) is 4.78 Å². The molecule has 0 saturated carbocycles. The second-order valence-corrected chi connectivity index (χ2v) is 15.4. The number of anilines is 1. The van der Waals surface area contributed by atoms with Gasteiger partial charge in [0.15, 0.2) is 11.5 Å². The van der Waals surface area contributed by atoms with E-state index in [4.69, 9.17) is 21.1 Å². The number of piperidine rings is 1. The third-order valence-electron chi connectivity index (χ3n) is 9.31. The Kier molecular flexibility index (Phi) is 8.81. The third kappa shape index (κ3) is 6.50. The van der Waals surface area contributed by atoms with Crippen molar-refractivity contribution in [2.24, 2.45) is 0 Å². The van der Waals surface area contributed by atoms with E-state index in [0.29, 0.717) is 17.3 Å². The highest BCUT2D eigenvalue weighted by Gasteiger charge is 2.50. The molecular formula is C34H30ClF3N8O6S. The predicted octanol–water partition coefficient (Wildman–Crippen LogP) is 5.23. The summed E-state index contributed by atoms with van der Waals surface area (Å²) in [5.74, 6) is -1.41. The maximum absolute atomic E-state index is 14.4. The van der Waals surface area contributed by atoms with E-state index in [-0.39, 0.29) is 70.1 Å². The Morgan fingerprint density at radius 2 is 1.85 bits per heavy atom. The molecule has 0 radical (unpaired) electrons. The number of nitrogens with zero attached hydrogens (tertiary/aromatic N) is 6. The van der Waals surface area contributed by atoms with Crippen molar-refractivity contribution in [3.63, 3.8) is 0 Å². The Hall–Kier alpha value is -5.33. The van der Waals surface area contributed by atoms with Gasteiger partial charge >= 0.3 is 6.18 Å². The number of aromatic hydroxyl groups is 1. The zero-order chi connectivity index (χ0) is 38.0. The van der Waals surface area contributed by atoms with E-state index in [0.717, 1.165) is 16.6 Å². The van der Waals surface area contributed by atoms with Crippen LogP contribution in [0.3, 0.4) is 0 Å². The number of fused-ring (bicyclic) bond motifs is 3.